The molecule has 128 valence electrons. The summed E-state index contributed by atoms with van der Waals surface area (Å²) in [6.45, 7) is 0. The first-order chi connectivity index (χ1) is 11.6. The molecule has 24 heavy (non-hydrogen) atoms. The Bertz CT molecular complexity index is 810. The van der Waals surface area contributed by atoms with E-state index in [0.717, 1.165) is 37.6 Å². The largest absolute Gasteiger partial charge is 0.469 e. The molecule has 1 heterocycles. The minimum atomic E-state index is -0.290. The molecule has 7 heteroatoms. The van der Waals surface area contributed by atoms with E-state index < -0.39 is 0 Å². The van der Waals surface area contributed by atoms with E-state index in [4.69, 9.17) is 21.4 Å². The summed E-state index contributed by atoms with van der Waals surface area (Å²) in [4.78, 5) is 27.8. The van der Waals surface area contributed by atoms with E-state index >= 15 is 0 Å². The predicted molar refractivity (Wildman–Crippen MR) is 91.2 cm³/mol. The van der Waals surface area contributed by atoms with E-state index in [1.807, 2.05) is 0 Å². The van der Waals surface area contributed by atoms with Gasteiger partial charge in [-0.1, -0.05) is 19.3 Å². The fourth-order valence-corrected chi connectivity index (χ4v) is 3.45. The van der Waals surface area contributed by atoms with Gasteiger partial charge >= 0.3 is 5.97 Å². The number of hydrogen-bond donors (Lipinski definition) is 2. The van der Waals surface area contributed by atoms with Crippen LogP contribution in [0.1, 0.15) is 42.5 Å². The first-order valence-electron chi connectivity index (χ1n) is 8.10. The molecule has 0 bridgehead atoms. The van der Waals surface area contributed by atoms with Crippen molar-refractivity contribution in [2.24, 2.45) is 5.92 Å². The van der Waals surface area contributed by atoms with Crippen LogP contribution >= 0.6 is 12.2 Å². The number of methoxy groups -OCH3 is 1. The van der Waals surface area contributed by atoms with E-state index in [1.165, 1.54) is 7.11 Å². The SMILES string of the molecule is COC(=O)[C@H]1CCCCC[C@H]1NC(=O)c1ccc2[nH]c(=S)oc2c1. The van der Waals surface area contributed by atoms with Crippen molar-refractivity contribution >= 4 is 35.2 Å². The number of carbonyl (C=O) groups is 2. The number of benzene rings is 1. The van der Waals surface area contributed by atoms with Gasteiger partial charge in [-0.3, -0.25) is 9.59 Å². The van der Waals surface area contributed by atoms with Crippen LogP contribution in [0, 0.1) is 10.8 Å². The Morgan fingerprint density at radius 3 is 2.88 bits per heavy atom. The summed E-state index contributed by atoms with van der Waals surface area (Å²) >= 11 is 4.95. The molecule has 6 nitrogen and oxygen atoms in total. The highest BCUT2D eigenvalue weighted by atomic mass is 32.1. The van der Waals surface area contributed by atoms with Crippen molar-refractivity contribution < 1.29 is 18.7 Å². The Labute approximate surface area is 144 Å². The molecule has 0 radical (unpaired) electrons. The third-order valence-corrected chi connectivity index (χ3v) is 4.70. The lowest BCUT2D eigenvalue weighted by Crippen LogP contribution is -2.43. The fraction of sp³-hybridized carbons (Fsp3) is 0.471. The van der Waals surface area contributed by atoms with Gasteiger partial charge in [-0.05, 0) is 43.3 Å². The maximum absolute atomic E-state index is 12.6. The number of fused-ring (bicyclic) bond motifs is 1. The zero-order valence-electron chi connectivity index (χ0n) is 13.5. The Morgan fingerprint density at radius 2 is 2.08 bits per heavy atom. The number of aromatic nitrogens is 1. The monoisotopic (exact) mass is 348 g/mol. The van der Waals surface area contributed by atoms with Gasteiger partial charge in [-0.15, -0.1) is 0 Å². The van der Waals surface area contributed by atoms with Crippen LogP contribution in [0.5, 0.6) is 0 Å². The number of oxazole rings is 1. The molecule has 1 amide bonds. The fourth-order valence-electron chi connectivity index (χ4n) is 3.25. The normalized spacial score (nSPS) is 21.2. The van der Waals surface area contributed by atoms with Gasteiger partial charge in [0.1, 0.15) is 0 Å². The average molecular weight is 348 g/mol. The predicted octanol–water partition coefficient (Wildman–Crippen LogP) is 3.34. The second-order valence-corrected chi connectivity index (χ2v) is 6.44. The van der Waals surface area contributed by atoms with Gasteiger partial charge in [-0.25, -0.2) is 0 Å². The van der Waals surface area contributed by atoms with Crippen molar-refractivity contribution in [3.63, 3.8) is 0 Å². The zero-order chi connectivity index (χ0) is 17.1. The van der Waals surface area contributed by atoms with E-state index in [2.05, 4.69) is 10.3 Å². The van der Waals surface area contributed by atoms with Crippen molar-refractivity contribution in [1.29, 1.82) is 0 Å². The minimum Gasteiger partial charge on any atom is -0.469 e. The van der Waals surface area contributed by atoms with Gasteiger partial charge in [-0.2, -0.15) is 0 Å². The minimum absolute atomic E-state index is 0.208. The third-order valence-electron chi connectivity index (χ3n) is 4.52. The highest BCUT2D eigenvalue weighted by Crippen LogP contribution is 2.25. The second kappa shape index (κ2) is 7.17. The highest BCUT2D eigenvalue weighted by molar-refractivity contribution is 7.71. The molecule has 1 aliphatic carbocycles. The van der Waals surface area contributed by atoms with Gasteiger partial charge in [0.25, 0.3) is 10.7 Å². The van der Waals surface area contributed by atoms with Crippen molar-refractivity contribution in [2.75, 3.05) is 7.11 Å². The number of rotatable bonds is 3. The molecule has 2 atom stereocenters. The van der Waals surface area contributed by atoms with Crippen LogP contribution in [0.2, 0.25) is 0 Å². The van der Waals surface area contributed by atoms with Crippen LogP contribution in [0.3, 0.4) is 0 Å². The Hall–Kier alpha value is -2.15. The third kappa shape index (κ3) is 3.51. The molecule has 1 saturated carbocycles. The summed E-state index contributed by atoms with van der Waals surface area (Å²) in [5.41, 5.74) is 1.77. The lowest BCUT2D eigenvalue weighted by atomic mass is 9.94. The summed E-state index contributed by atoms with van der Waals surface area (Å²) in [5.74, 6) is -0.768. The summed E-state index contributed by atoms with van der Waals surface area (Å²) in [7, 11) is 1.39. The lowest BCUT2D eigenvalue weighted by Gasteiger charge is -2.24. The molecule has 0 aliphatic heterocycles. The number of esters is 1. The summed E-state index contributed by atoms with van der Waals surface area (Å²) in [6.07, 6.45) is 4.54. The molecule has 1 fully saturated rings. The quantitative estimate of drug-likeness (QED) is 0.505. The van der Waals surface area contributed by atoms with E-state index in [-0.39, 0.29) is 28.7 Å². The molecular formula is C17H20N2O4S. The van der Waals surface area contributed by atoms with Crippen molar-refractivity contribution in [3.8, 4) is 0 Å². The average Bonchev–Trinajstić information content (AvgIpc) is 2.79. The van der Waals surface area contributed by atoms with Crippen molar-refractivity contribution in [3.05, 3.63) is 28.6 Å². The summed E-state index contributed by atoms with van der Waals surface area (Å²) in [6, 6.07) is 4.92. The van der Waals surface area contributed by atoms with Gasteiger partial charge < -0.3 is 19.5 Å². The van der Waals surface area contributed by atoms with Crippen LogP contribution in [-0.4, -0.2) is 30.0 Å². The number of H-pyrrole nitrogens is 1. The maximum atomic E-state index is 12.6. The maximum Gasteiger partial charge on any atom is 0.310 e. The molecule has 0 unspecified atom stereocenters. The number of carbonyl (C=O) groups excluding carboxylic acids is 2. The topological polar surface area (TPSA) is 84.3 Å². The van der Waals surface area contributed by atoms with Gasteiger partial charge in [0.2, 0.25) is 0 Å². The first kappa shape index (κ1) is 16.7. The van der Waals surface area contributed by atoms with Crippen LogP contribution in [0.4, 0.5) is 0 Å². The molecule has 3 rings (SSSR count). The first-order valence-corrected chi connectivity index (χ1v) is 8.51. The smallest absolute Gasteiger partial charge is 0.310 e. The molecule has 0 saturated heterocycles. The molecule has 1 aromatic carbocycles. The van der Waals surface area contributed by atoms with Crippen LogP contribution in [0.15, 0.2) is 22.6 Å². The Morgan fingerprint density at radius 1 is 1.29 bits per heavy atom. The molecular weight excluding hydrogens is 328 g/mol. The molecule has 2 N–H and O–H groups in total. The number of hydrogen-bond acceptors (Lipinski definition) is 5. The standard InChI is InChI=1S/C17H20N2O4S/c1-22-16(21)11-5-3-2-4-6-12(11)18-15(20)10-7-8-13-14(9-10)23-17(24)19-13/h7-9,11-12H,2-6H2,1H3,(H,18,20)(H,19,24)/t11-,12+/m0/s1. The Kier molecular flexibility index (Phi) is 4.99. The zero-order valence-corrected chi connectivity index (χ0v) is 14.3. The van der Waals surface area contributed by atoms with Crippen LogP contribution < -0.4 is 5.32 Å². The summed E-state index contributed by atoms with van der Waals surface area (Å²) in [5, 5.41) is 2.99. The number of amides is 1. The molecule has 0 spiro atoms. The summed E-state index contributed by atoms with van der Waals surface area (Å²) < 4.78 is 10.3. The van der Waals surface area contributed by atoms with Crippen LogP contribution in [-0.2, 0) is 9.53 Å². The number of ether oxygens (including phenoxy) is 1. The molecule has 2 aromatic rings. The van der Waals surface area contributed by atoms with E-state index in [0.29, 0.717) is 11.1 Å². The second-order valence-electron chi connectivity index (χ2n) is 6.07. The molecule has 1 aliphatic rings. The van der Waals surface area contributed by atoms with Gasteiger partial charge in [0, 0.05) is 11.6 Å². The highest BCUT2D eigenvalue weighted by Gasteiger charge is 2.31. The van der Waals surface area contributed by atoms with Gasteiger partial charge in [0.15, 0.2) is 5.58 Å². The Balaban J connectivity index is 1.79. The van der Waals surface area contributed by atoms with Crippen molar-refractivity contribution in [2.45, 2.75) is 38.1 Å². The molecule has 1 aromatic heterocycles. The van der Waals surface area contributed by atoms with Gasteiger partial charge in [0.05, 0.1) is 18.5 Å². The van der Waals surface area contributed by atoms with E-state index in [9.17, 15) is 9.59 Å². The number of nitrogens with one attached hydrogen (secondary N) is 2. The lowest BCUT2D eigenvalue weighted by molar-refractivity contribution is -0.146. The van der Waals surface area contributed by atoms with Crippen molar-refractivity contribution in [1.82, 2.24) is 10.3 Å². The number of aromatic amines is 1. The van der Waals surface area contributed by atoms with E-state index in [1.54, 1.807) is 18.2 Å². The van der Waals surface area contributed by atoms with Crippen LogP contribution in [0.25, 0.3) is 11.1 Å².